The van der Waals surface area contributed by atoms with Crippen molar-refractivity contribution in [2.24, 2.45) is 17.8 Å². The maximum Gasteiger partial charge on any atom is 0.0462 e. The summed E-state index contributed by atoms with van der Waals surface area (Å²) in [6.45, 7) is 0.446. The monoisotopic (exact) mass is 112 g/mol. The predicted octanol–water partition coefficient (Wildman–Crippen LogP) is 1.02. The van der Waals surface area contributed by atoms with Gasteiger partial charge in [0.05, 0.1) is 0 Å². The minimum atomic E-state index is 0.446. The van der Waals surface area contributed by atoms with Crippen LogP contribution in [-0.2, 0) is 0 Å². The first-order chi connectivity index (χ1) is 3.92. The van der Waals surface area contributed by atoms with E-state index in [0.717, 1.165) is 11.8 Å². The molecule has 2 aliphatic rings. The summed E-state index contributed by atoms with van der Waals surface area (Å²) in [5.41, 5.74) is 0. The Morgan fingerprint density at radius 3 is 2.38 bits per heavy atom. The van der Waals surface area contributed by atoms with Gasteiger partial charge in [0.2, 0.25) is 0 Å². The van der Waals surface area contributed by atoms with E-state index in [9.17, 15) is 0 Å². The summed E-state index contributed by atoms with van der Waals surface area (Å²) in [5, 5.41) is 8.71. The molecule has 0 aromatic heterocycles. The molecule has 0 radical (unpaired) electrons. The summed E-state index contributed by atoms with van der Waals surface area (Å²) >= 11 is 0. The zero-order valence-electron chi connectivity index (χ0n) is 5.01. The van der Waals surface area contributed by atoms with E-state index in [4.69, 9.17) is 5.11 Å². The van der Waals surface area contributed by atoms with Crippen molar-refractivity contribution in [3.8, 4) is 0 Å². The highest BCUT2D eigenvalue weighted by Crippen LogP contribution is 2.53. The maximum absolute atomic E-state index is 8.71. The molecule has 0 spiro atoms. The van der Waals surface area contributed by atoms with Gasteiger partial charge in [0, 0.05) is 6.61 Å². The Labute approximate surface area is 49.7 Å². The smallest absolute Gasteiger partial charge is 0.0462 e. The minimum Gasteiger partial charge on any atom is -0.396 e. The SMILES string of the molecule is OCC1CC2CCC12. The van der Waals surface area contributed by atoms with Crippen molar-refractivity contribution < 1.29 is 5.11 Å². The van der Waals surface area contributed by atoms with Crippen LogP contribution in [0, 0.1) is 17.8 Å². The lowest BCUT2D eigenvalue weighted by Crippen LogP contribution is -2.45. The maximum atomic E-state index is 8.71. The van der Waals surface area contributed by atoms with Crippen molar-refractivity contribution in [2.75, 3.05) is 6.61 Å². The number of fused-ring (bicyclic) bond motifs is 1. The number of aliphatic hydroxyl groups is 1. The first-order valence-electron chi connectivity index (χ1n) is 3.52. The summed E-state index contributed by atoms with van der Waals surface area (Å²) in [6, 6.07) is 0. The van der Waals surface area contributed by atoms with Crippen molar-refractivity contribution in [1.82, 2.24) is 0 Å². The Balaban J connectivity index is 1.89. The van der Waals surface area contributed by atoms with Crippen LogP contribution in [0.4, 0.5) is 0 Å². The van der Waals surface area contributed by atoms with Gasteiger partial charge in [0.15, 0.2) is 0 Å². The topological polar surface area (TPSA) is 20.2 Å². The highest BCUT2D eigenvalue weighted by atomic mass is 16.3. The Hall–Kier alpha value is -0.0400. The second-order valence-corrected chi connectivity index (χ2v) is 3.18. The second kappa shape index (κ2) is 1.47. The molecule has 0 aromatic carbocycles. The van der Waals surface area contributed by atoms with Crippen LogP contribution in [0.3, 0.4) is 0 Å². The fraction of sp³-hybridized carbons (Fsp3) is 1.00. The van der Waals surface area contributed by atoms with Gasteiger partial charge in [-0.15, -0.1) is 0 Å². The molecule has 0 saturated heterocycles. The molecule has 2 saturated carbocycles. The van der Waals surface area contributed by atoms with E-state index >= 15 is 0 Å². The quantitative estimate of drug-likeness (QED) is 0.537. The van der Waals surface area contributed by atoms with Crippen LogP contribution in [-0.4, -0.2) is 11.7 Å². The number of aliphatic hydroxyl groups excluding tert-OH is 1. The van der Waals surface area contributed by atoms with Gasteiger partial charge in [-0.1, -0.05) is 0 Å². The Morgan fingerprint density at radius 2 is 2.25 bits per heavy atom. The molecule has 1 N–H and O–H groups in total. The highest BCUT2D eigenvalue weighted by Gasteiger charge is 2.46. The summed E-state index contributed by atoms with van der Waals surface area (Å²) in [6.07, 6.45) is 4.16. The predicted molar refractivity (Wildman–Crippen MR) is 31.4 cm³/mol. The Bertz CT molecular complexity index is 98.6. The molecule has 3 atom stereocenters. The van der Waals surface area contributed by atoms with E-state index in [-0.39, 0.29) is 0 Å². The lowest BCUT2D eigenvalue weighted by Gasteiger charge is -2.52. The minimum absolute atomic E-state index is 0.446. The molecular formula is C7H12O. The van der Waals surface area contributed by atoms with Gasteiger partial charge in [-0.2, -0.15) is 0 Å². The van der Waals surface area contributed by atoms with Crippen molar-refractivity contribution in [3.05, 3.63) is 0 Å². The van der Waals surface area contributed by atoms with Crippen molar-refractivity contribution in [3.63, 3.8) is 0 Å². The van der Waals surface area contributed by atoms with Gasteiger partial charge in [-0.25, -0.2) is 0 Å². The van der Waals surface area contributed by atoms with Crippen LogP contribution < -0.4 is 0 Å². The van der Waals surface area contributed by atoms with E-state index < -0.39 is 0 Å². The molecule has 46 valence electrons. The van der Waals surface area contributed by atoms with Crippen LogP contribution in [0.1, 0.15) is 19.3 Å². The largest absolute Gasteiger partial charge is 0.396 e. The average molecular weight is 112 g/mol. The van der Waals surface area contributed by atoms with Crippen molar-refractivity contribution in [2.45, 2.75) is 19.3 Å². The van der Waals surface area contributed by atoms with Gasteiger partial charge < -0.3 is 5.11 Å². The van der Waals surface area contributed by atoms with Crippen LogP contribution in [0.25, 0.3) is 0 Å². The fourth-order valence-corrected chi connectivity index (χ4v) is 2.09. The summed E-state index contributed by atoms with van der Waals surface area (Å²) in [7, 11) is 0. The van der Waals surface area contributed by atoms with E-state index in [0.29, 0.717) is 12.5 Å². The van der Waals surface area contributed by atoms with Gasteiger partial charge in [-0.3, -0.25) is 0 Å². The molecule has 0 aliphatic heterocycles. The summed E-state index contributed by atoms with van der Waals surface area (Å²) in [4.78, 5) is 0. The normalized spacial score (nSPS) is 51.4. The molecule has 8 heavy (non-hydrogen) atoms. The third-order valence-electron chi connectivity index (χ3n) is 2.92. The lowest BCUT2D eigenvalue weighted by molar-refractivity contribution is -0.0526. The average Bonchev–Trinajstić information content (AvgIpc) is 1.76. The molecule has 2 aliphatic carbocycles. The molecule has 0 aromatic rings. The van der Waals surface area contributed by atoms with Crippen molar-refractivity contribution in [1.29, 1.82) is 0 Å². The van der Waals surface area contributed by atoms with Crippen LogP contribution >= 0.6 is 0 Å². The van der Waals surface area contributed by atoms with E-state index in [1.165, 1.54) is 19.3 Å². The Kier molecular flexibility index (Phi) is 0.884. The van der Waals surface area contributed by atoms with Crippen LogP contribution in [0.2, 0.25) is 0 Å². The first-order valence-corrected chi connectivity index (χ1v) is 3.52. The number of hydrogen-bond donors (Lipinski definition) is 1. The van der Waals surface area contributed by atoms with Crippen LogP contribution in [0.5, 0.6) is 0 Å². The molecular weight excluding hydrogens is 100 g/mol. The molecule has 0 amide bonds. The molecule has 1 nitrogen and oxygen atoms in total. The second-order valence-electron chi connectivity index (χ2n) is 3.18. The van der Waals surface area contributed by atoms with Crippen molar-refractivity contribution >= 4 is 0 Å². The fourth-order valence-electron chi connectivity index (χ4n) is 2.09. The van der Waals surface area contributed by atoms with Gasteiger partial charge in [0.25, 0.3) is 0 Å². The molecule has 2 fully saturated rings. The molecule has 3 unspecified atom stereocenters. The summed E-state index contributed by atoms with van der Waals surface area (Å²) < 4.78 is 0. The zero-order valence-corrected chi connectivity index (χ0v) is 5.01. The number of rotatable bonds is 1. The molecule has 0 bridgehead atoms. The molecule has 0 heterocycles. The third-order valence-corrected chi connectivity index (χ3v) is 2.92. The standard InChI is InChI=1S/C7H12O/c8-4-6-3-5-1-2-7(5)6/h5-8H,1-4H2. The first kappa shape index (κ1) is 4.80. The van der Waals surface area contributed by atoms with Gasteiger partial charge in [0.1, 0.15) is 0 Å². The molecule has 1 heteroatoms. The zero-order chi connectivity index (χ0) is 5.56. The van der Waals surface area contributed by atoms with E-state index in [2.05, 4.69) is 0 Å². The van der Waals surface area contributed by atoms with E-state index in [1.54, 1.807) is 0 Å². The highest BCUT2D eigenvalue weighted by molar-refractivity contribution is 4.95. The lowest BCUT2D eigenvalue weighted by atomic mass is 9.53. The summed E-state index contributed by atoms with van der Waals surface area (Å²) in [5.74, 6) is 2.68. The van der Waals surface area contributed by atoms with E-state index in [1.807, 2.05) is 0 Å². The molecule has 2 rings (SSSR count). The number of hydrogen-bond acceptors (Lipinski definition) is 1. The Morgan fingerprint density at radius 1 is 1.38 bits per heavy atom. The van der Waals surface area contributed by atoms with Crippen LogP contribution in [0.15, 0.2) is 0 Å². The van der Waals surface area contributed by atoms with Gasteiger partial charge in [-0.05, 0) is 37.0 Å². The van der Waals surface area contributed by atoms with Gasteiger partial charge >= 0.3 is 0 Å². The third kappa shape index (κ3) is 0.408.